The molecule has 0 bridgehead atoms. The molecule has 2 saturated carbocycles. The van der Waals surface area contributed by atoms with Crippen molar-refractivity contribution in [2.75, 3.05) is 5.73 Å². The Kier molecular flexibility index (Phi) is 6.79. The van der Waals surface area contributed by atoms with Crippen molar-refractivity contribution in [2.45, 2.75) is 60.8 Å². The molecule has 194 valence electrons. The summed E-state index contributed by atoms with van der Waals surface area (Å²) in [5, 5.41) is 0.589. The van der Waals surface area contributed by atoms with Crippen LogP contribution in [-0.2, 0) is 4.74 Å². The first-order valence-corrected chi connectivity index (χ1v) is 14.4. The number of anilines is 1. The van der Waals surface area contributed by atoms with Crippen LogP contribution >= 0.6 is 23.4 Å². The molecule has 0 aromatic heterocycles. The Morgan fingerprint density at radius 3 is 2.24 bits per heavy atom. The molecule has 3 unspecified atom stereocenters. The van der Waals surface area contributed by atoms with Gasteiger partial charge in [-0.3, -0.25) is 9.59 Å². The number of carbonyl (C=O) groups is 3. The van der Waals surface area contributed by atoms with Crippen LogP contribution in [0.3, 0.4) is 0 Å². The Labute approximate surface area is 231 Å². The Hall–Kier alpha value is -3.09. The monoisotopic (exact) mass is 545 g/mol. The summed E-state index contributed by atoms with van der Waals surface area (Å²) in [7, 11) is 0. The Balaban J connectivity index is 1.39. The summed E-state index contributed by atoms with van der Waals surface area (Å²) in [5.74, 6) is 0.153. The first-order chi connectivity index (χ1) is 18.4. The summed E-state index contributed by atoms with van der Waals surface area (Å²) in [4.78, 5) is 42.1. The smallest absolute Gasteiger partial charge is 0.340 e. The highest BCUT2D eigenvalue weighted by molar-refractivity contribution is 7.99. The molecule has 38 heavy (non-hydrogen) atoms. The zero-order chi connectivity index (χ0) is 26.4. The van der Waals surface area contributed by atoms with Crippen LogP contribution in [0.4, 0.5) is 5.69 Å². The van der Waals surface area contributed by atoms with Gasteiger partial charge in [0.2, 0.25) is 0 Å². The molecule has 3 aliphatic rings. The molecule has 0 heterocycles. The molecule has 3 aromatic rings. The molecule has 2 N–H and O–H groups in total. The minimum atomic E-state index is -0.540. The number of hydrogen-bond acceptors (Lipinski definition) is 6. The minimum Gasteiger partial charge on any atom is -0.459 e. The molecule has 0 spiro atoms. The third-order valence-corrected chi connectivity index (χ3v) is 9.53. The molecule has 0 radical (unpaired) electrons. The molecule has 2 fully saturated rings. The Bertz CT molecular complexity index is 1450. The number of halogens is 1. The zero-order valence-electron chi connectivity index (χ0n) is 20.9. The Morgan fingerprint density at radius 2 is 1.53 bits per heavy atom. The molecule has 3 atom stereocenters. The van der Waals surface area contributed by atoms with Crippen molar-refractivity contribution in [3.05, 3.63) is 87.4 Å². The largest absolute Gasteiger partial charge is 0.459 e. The van der Waals surface area contributed by atoms with Gasteiger partial charge in [0.15, 0.2) is 11.6 Å². The number of nitrogen functional groups attached to an aromatic ring is 1. The summed E-state index contributed by atoms with van der Waals surface area (Å²) >= 11 is 7.36. The predicted octanol–water partition coefficient (Wildman–Crippen LogP) is 7.36. The van der Waals surface area contributed by atoms with E-state index in [1.807, 2.05) is 12.1 Å². The maximum absolute atomic E-state index is 13.6. The topological polar surface area (TPSA) is 86.5 Å². The van der Waals surface area contributed by atoms with Crippen molar-refractivity contribution >= 4 is 46.6 Å². The molecule has 5 nitrogen and oxygen atoms in total. The SMILES string of the molecule is Nc1c(C(=O)OC2CCC3CCCCC3C2)cc(Sc2ccc(Cl)cc2)c2c1C(=O)c1ccccc1C2=O. The number of benzene rings is 3. The predicted molar refractivity (Wildman–Crippen MR) is 148 cm³/mol. The van der Waals surface area contributed by atoms with Gasteiger partial charge in [0.1, 0.15) is 6.10 Å². The van der Waals surface area contributed by atoms with Gasteiger partial charge in [-0.15, -0.1) is 0 Å². The lowest BCUT2D eigenvalue weighted by Crippen LogP contribution is -2.33. The van der Waals surface area contributed by atoms with E-state index in [-0.39, 0.29) is 40.0 Å². The van der Waals surface area contributed by atoms with Gasteiger partial charge in [-0.05, 0) is 61.4 Å². The van der Waals surface area contributed by atoms with Crippen molar-refractivity contribution in [3.63, 3.8) is 0 Å². The summed E-state index contributed by atoms with van der Waals surface area (Å²) in [6.45, 7) is 0. The standard InChI is InChI=1S/C31H28ClNO4S/c32-19-10-13-21(14-11-19)38-25-16-24(31(36)37-20-12-9-17-5-1-2-6-18(17)15-20)28(33)27-26(25)29(34)22-7-3-4-8-23(22)30(27)35/h3-4,7-8,10-11,13-14,16-18,20H,1-2,5-6,9,12,15,33H2. The van der Waals surface area contributed by atoms with Gasteiger partial charge in [-0.1, -0.05) is 73.3 Å². The fourth-order valence-electron chi connectivity index (χ4n) is 6.31. The van der Waals surface area contributed by atoms with Gasteiger partial charge in [0.25, 0.3) is 0 Å². The van der Waals surface area contributed by atoms with E-state index in [1.54, 1.807) is 42.5 Å². The third-order valence-electron chi connectivity index (χ3n) is 8.23. The molecule has 3 aliphatic carbocycles. The van der Waals surface area contributed by atoms with Crippen LogP contribution in [0.5, 0.6) is 0 Å². The average molecular weight is 546 g/mol. The molecule has 6 rings (SSSR count). The fourth-order valence-corrected chi connectivity index (χ4v) is 7.44. The lowest BCUT2D eigenvalue weighted by Gasteiger charge is -2.38. The molecular weight excluding hydrogens is 518 g/mol. The number of fused-ring (bicyclic) bond motifs is 3. The molecule has 7 heteroatoms. The number of carbonyl (C=O) groups excluding carboxylic acids is 3. The summed E-state index contributed by atoms with van der Waals surface area (Å²) in [6.07, 6.45) is 7.62. The van der Waals surface area contributed by atoms with Crippen LogP contribution < -0.4 is 5.73 Å². The van der Waals surface area contributed by atoms with E-state index in [4.69, 9.17) is 22.1 Å². The second kappa shape index (κ2) is 10.2. The summed E-state index contributed by atoms with van der Waals surface area (Å²) in [6, 6.07) is 15.5. The quantitative estimate of drug-likeness (QED) is 0.213. The van der Waals surface area contributed by atoms with Gasteiger partial charge in [-0.2, -0.15) is 0 Å². The molecule has 0 saturated heterocycles. The Morgan fingerprint density at radius 1 is 0.868 bits per heavy atom. The van der Waals surface area contributed by atoms with Crippen molar-refractivity contribution in [1.82, 2.24) is 0 Å². The highest BCUT2D eigenvalue weighted by atomic mass is 35.5. The van der Waals surface area contributed by atoms with Crippen molar-refractivity contribution in [3.8, 4) is 0 Å². The van der Waals surface area contributed by atoms with Crippen LogP contribution in [0.25, 0.3) is 0 Å². The van der Waals surface area contributed by atoms with E-state index in [0.29, 0.717) is 27.0 Å². The fraction of sp³-hybridized carbons (Fsp3) is 0.323. The lowest BCUT2D eigenvalue weighted by molar-refractivity contribution is -0.000862. The lowest BCUT2D eigenvalue weighted by atomic mass is 9.70. The number of esters is 1. The van der Waals surface area contributed by atoms with Crippen LogP contribution in [0, 0.1) is 11.8 Å². The highest BCUT2D eigenvalue weighted by Crippen LogP contribution is 2.44. The van der Waals surface area contributed by atoms with Gasteiger partial charge in [0, 0.05) is 31.5 Å². The van der Waals surface area contributed by atoms with E-state index >= 15 is 0 Å². The maximum atomic E-state index is 13.6. The number of ketones is 2. The molecular formula is C31H28ClNO4S. The number of hydrogen-bond donors (Lipinski definition) is 1. The van der Waals surface area contributed by atoms with E-state index in [0.717, 1.165) is 30.1 Å². The highest BCUT2D eigenvalue weighted by Gasteiger charge is 2.38. The second-order valence-electron chi connectivity index (χ2n) is 10.5. The summed E-state index contributed by atoms with van der Waals surface area (Å²) < 4.78 is 6.01. The van der Waals surface area contributed by atoms with Crippen molar-refractivity contribution in [2.24, 2.45) is 11.8 Å². The van der Waals surface area contributed by atoms with Gasteiger partial charge < -0.3 is 10.5 Å². The van der Waals surface area contributed by atoms with Crippen LogP contribution in [0.2, 0.25) is 5.02 Å². The first kappa shape index (κ1) is 25.2. The van der Waals surface area contributed by atoms with E-state index in [1.165, 1.54) is 37.4 Å². The number of ether oxygens (including phenoxy) is 1. The van der Waals surface area contributed by atoms with E-state index in [9.17, 15) is 14.4 Å². The van der Waals surface area contributed by atoms with E-state index < -0.39 is 5.97 Å². The van der Waals surface area contributed by atoms with Gasteiger partial charge in [0.05, 0.1) is 16.8 Å². The van der Waals surface area contributed by atoms with Gasteiger partial charge >= 0.3 is 5.97 Å². The molecule has 0 aliphatic heterocycles. The van der Waals surface area contributed by atoms with Crippen LogP contribution in [-0.4, -0.2) is 23.6 Å². The first-order valence-electron chi connectivity index (χ1n) is 13.2. The van der Waals surface area contributed by atoms with Crippen molar-refractivity contribution < 1.29 is 19.1 Å². The molecule has 3 aromatic carbocycles. The van der Waals surface area contributed by atoms with Gasteiger partial charge in [-0.25, -0.2) is 4.79 Å². The minimum absolute atomic E-state index is 0.00432. The van der Waals surface area contributed by atoms with E-state index in [2.05, 4.69) is 0 Å². The van der Waals surface area contributed by atoms with Crippen LogP contribution in [0.1, 0.15) is 87.1 Å². The normalized spacial score (nSPS) is 22.3. The second-order valence-corrected chi connectivity index (χ2v) is 12.0. The summed E-state index contributed by atoms with van der Waals surface area (Å²) in [5.41, 5.74) is 7.58. The maximum Gasteiger partial charge on any atom is 0.340 e. The third kappa shape index (κ3) is 4.54. The van der Waals surface area contributed by atoms with Crippen molar-refractivity contribution in [1.29, 1.82) is 0 Å². The van der Waals surface area contributed by atoms with Crippen LogP contribution in [0.15, 0.2) is 64.4 Å². The number of rotatable bonds is 4. The number of nitrogens with two attached hydrogens (primary N) is 1. The zero-order valence-corrected chi connectivity index (χ0v) is 22.4. The molecule has 0 amide bonds. The average Bonchev–Trinajstić information content (AvgIpc) is 2.93.